The number of aromatic hydroxyl groups is 1. The minimum atomic E-state index is -1.74. The summed E-state index contributed by atoms with van der Waals surface area (Å²) in [4.78, 5) is 42.5. The van der Waals surface area contributed by atoms with Gasteiger partial charge >= 0.3 is 0 Å². The minimum absolute atomic E-state index is 0.0348. The Bertz CT molecular complexity index is 1530. The molecule has 0 aromatic heterocycles. The monoisotopic (exact) mass is 601 g/mol. The number of aryl methyl sites for hydroxylation is 2. The molecular weight excluding hydrogens is 558 g/mol. The third kappa shape index (κ3) is 6.64. The topological polar surface area (TPSA) is 139 Å². The van der Waals surface area contributed by atoms with Crippen LogP contribution in [0.2, 0.25) is 0 Å². The van der Waals surface area contributed by atoms with Crippen molar-refractivity contribution >= 4 is 17.7 Å². The van der Waals surface area contributed by atoms with Crippen LogP contribution in [0.25, 0.3) is 0 Å². The maximum atomic E-state index is 14.1. The van der Waals surface area contributed by atoms with Crippen molar-refractivity contribution in [3.63, 3.8) is 0 Å². The molecule has 1 aliphatic heterocycles. The Kier molecular flexibility index (Phi) is 9.51. The molecule has 0 radical (unpaired) electrons. The van der Waals surface area contributed by atoms with Gasteiger partial charge in [0, 0.05) is 23.1 Å². The number of hydrogen-bond donors (Lipinski definition) is 5. The third-order valence-electron chi connectivity index (χ3n) is 9.13. The number of nitrogens with one attached hydrogen (secondary N) is 2. The van der Waals surface area contributed by atoms with Crippen molar-refractivity contribution in [3.05, 3.63) is 100 Å². The van der Waals surface area contributed by atoms with E-state index in [1.54, 1.807) is 46.8 Å². The molecule has 3 amide bonds. The SMILES string of the molecule is Cc1cc(O)c(C)c(C(=O)N[C@@H](Cc2ccccc2)[C@H](O)C(=O)N2C[C@@](C)(O)C(C)(C)[C@H]2C(=O)NCc2ccccc2C)c1. The van der Waals surface area contributed by atoms with E-state index in [-0.39, 0.29) is 30.8 Å². The van der Waals surface area contributed by atoms with Crippen molar-refractivity contribution in [2.45, 2.75) is 78.3 Å². The van der Waals surface area contributed by atoms with E-state index in [0.29, 0.717) is 11.1 Å². The number of amides is 3. The molecule has 3 aromatic rings. The average molecular weight is 602 g/mol. The second-order valence-electron chi connectivity index (χ2n) is 12.7. The molecule has 0 unspecified atom stereocenters. The zero-order valence-electron chi connectivity index (χ0n) is 26.2. The van der Waals surface area contributed by atoms with Crippen LogP contribution < -0.4 is 10.6 Å². The molecule has 0 bridgehead atoms. The predicted octanol–water partition coefficient (Wildman–Crippen LogP) is 3.32. The Morgan fingerprint density at radius 2 is 1.61 bits per heavy atom. The van der Waals surface area contributed by atoms with Crippen molar-refractivity contribution in [2.24, 2.45) is 5.41 Å². The van der Waals surface area contributed by atoms with Gasteiger partial charge in [-0.15, -0.1) is 0 Å². The average Bonchev–Trinajstić information content (AvgIpc) is 3.16. The van der Waals surface area contributed by atoms with Crippen LogP contribution in [0.3, 0.4) is 0 Å². The van der Waals surface area contributed by atoms with Crippen LogP contribution in [0.5, 0.6) is 5.75 Å². The van der Waals surface area contributed by atoms with Crippen LogP contribution >= 0.6 is 0 Å². The number of aliphatic hydroxyl groups is 2. The number of benzene rings is 3. The number of likely N-dealkylation sites (tertiary alicyclic amines) is 1. The van der Waals surface area contributed by atoms with Crippen LogP contribution in [0.15, 0.2) is 66.7 Å². The lowest BCUT2D eigenvalue weighted by molar-refractivity contribution is -0.148. The fraction of sp³-hybridized carbons (Fsp3) is 0.400. The second-order valence-corrected chi connectivity index (χ2v) is 12.7. The number of rotatable bonds is 9. The van der Waals surface area contributed by atoms with Gasteiger partial charge in [-0.25, -0.2) is 0 Å². The van der Waals surface area contributed by atoms with Crippen LogP contribution in [0.4, 0.5) is 0 Å². The van der Waals surface area contributed by atoms with Gasteiger partial charge in [0.15, 0.2) is 6.10 Å². The van der Waals surface area contributed by atoms with Crippen molar-refractivity contribution in [3.8, 4) is 5.75 Å². The van der Waals surface area contributed by atoms with E-state index in [1.807, 2.05) is 61.5 Å². The number of nitrogens with zero attached hydrogens (tertiary/aromatic N) is 1. The van der Waals surface area contributed by atoms with Crippen LogP contribution in [0.1, 0.15) is 58.9 Å². The van der Waals surface area contributed by atoms with Gasteiger partial charge in [0.05, 0.1) is 18.2 Å². The van der Waals surface area contributed by atoms with Gasteiger partial charge in [0.1, 0.15) is 11.8 Å². The van der Waals surface area contributed by atoms with Gasteiger partial charge in [0.25, 0.3) is 11.8 Å². The fourth-order valence-corrected chi connectivity index (χ4v) is 5.85. The summed E-state index contributed by atoms with van der Waals surface area (Å²) in [5, 5.41) is 39.0. The highest BCUT2D eigenvalue weighted by Crippen LogP contribution is 2.44. The van der Waals surface area contributed by atoms with E-state index in [0.717, 1.165) is 16.7 Å². The van der Waals surface area contributed by atoms with Crippen LogP contribution in [0, 0.1) is 26.2 Å². The van der Waals surface area contributed by atoms with Crippen LogP contribution in [-0.2, 0) is 22.6 Å². The number of carbonyl (C=O) groups excluding carboxylic acids is 3. The summed E-state index contributed by atoms with van der Waals surface area (Å²) in [6.45, 7) is 10.4. The molecule has 44 heavy (non-hydrogen) atoms. The molecule has 4 rings (SSSR count). The summed E-state index contributed by atoms with van der Waals surface area (Å²) in [6, 6.07) is 17.8. The molecule has 0 spiro atoms. The van der Waals surface area contributed by atoms with Crippen molar-refractivity contribution in [1.82, 2.24) is 15.5 Å². The van der Waals surface area contributed by atoms with Gasteiger partial charge in [-0.3, -0.25) is 14.4 Å². The van der Waals surface area contributed by atoms with E-state index in [4.69, 9.17) is 0 Å². The minimum Gasteiger partial charge on any atom is -0.508 e. The first-order chi connectivity index (χ1) is 20.6. The highest BCUT2D eigenvalue weighted by Gasteiger charge is 2.60. The fourth-order valence-electron chi connectivity index (χ4n) is 5.85. The van der Waals surface area contributed by atoms with E-state index >= 15 is 0 Å². The molecule has 3 aromatic carbocycles. The standard InChI is InChI=1S/C35H43N3O6/c1-21-16-26(23(3)28(39)17-21)31(41)37-27(18-24-13-8-7-9-14-24)29(40)33(43)38-20-35(6,44)34(4,5)30(38)32(42)36-19-25-15-11-10-12-22(25)2/h7-17,27,29-30,39-40,44H,18-20H2,1-6H3,(H,36,42)(H,37,41)/t27-,29-,30+,35+/m0/s1. The van der Waals surface area contributed by atoms with E-state index in [9.17, 15) is 29.7 Å². The first-order valence-corrected chi connectivity index (χ1v) is 14.8. The lowest BCUT2D eigenvalue weighted by atomic mass is 9.74. The van der Waals surface area contributed by atoms with E-state index in [1.165, 1.54) is 4.90 Å². The van der Waals surface area contributed by atoms with Crippen molar-refractivity contribution in [2.75, 3.05) is 6.54 Å². The molecule has 5 N–H and O–H groups in total. The highest BCUT2D eigenvalue weighted by molar-refractivity contribution is 5.97. The lowest BCUT2D eigenvalue weighted by Crippen LogP contribution is -2.57. The molecule has 0 aliphatic carbocycles. The normalized spacial score (nSPS) is 20.5. The number of aliphatic hydroxyl groups excluding tert-OH is 1. The molecule has 9 heteroatoms. The number of β-amino-alcohol motifs (C(OH)–C–C–N with tert-alkyl or cyclic N) is 1. The molecule has 1 heterocycles. The summed E-state index contributed by atoms with van der Waals surface area (Å²) in [6.07, 6.45) is -1.62. The van der Waals surface area contributed by atoms with Gasteiger partial charge in [-0.05, 0) is 68.5 Å². The molecular formula is C35H43N3O6. The van der Waals surface area contributed by atoms with Gasteiger partial charge < -0.3 is 30.9 Å². The summed E-state index contributed by atoms with van der Waals surface area (Å²) >= 11 is 0. The summed E-state index contributed by atoms with van der Waals surface area (Å²) in [5.74, 6) is -1.83. The van der Waals surface area contributed by atoms with E-state index in [2.05, 4.69) is 10.6 Å². The first-order valence-electron chi connectivity index (χ1n) is 14.8. The van der Waals surface area contributed by atoms with Gasteiger partial charge in [0.2, 0.25) is 5.91 Å². The van der Waals surface area contributed by atoms with Gasteiger partial charge in [-0.1, -0.05) is 68.4 Å². The Morgan fingerprint density at radius 3 is 2.27 bits per heavy atom. The zero-order chi connectivity index (χ0) is 32.4. The lowest BCUT2D eigenvalue weighted by Gasteiger charge is -2.36. The molecule has 234 valence electrons. The molecule has 1 saturated heterocycles. The molecule has 1 aliphatic rings. The smallest absolute Gasteiger partial charge is 0.254 e. The van der Waals surface area contributed by atoms with Crippen molar-refractivity contribution in [1.29, 1.82) is 0 Å². The predicted molar refractivity (Wildman–Crippen MR) is 168 cm³/mol. The van der Waals surface area contributed by atoms with Gasteiger partial charge in [-0.2, -0.15) is 0 Å². The summed E-state index contributed by atoms with van der Waals surface area (Å²) < 4.78 is 0. The Balaban J connectivity index is 1.63. The molecule has 1 fully saturated rings. The number of phenols is 1. The zero-order valence-corrected chi connectivity index (χ0v) is 26.2. The first kappa shape index (κ1) is 32.7. The van der Waals surface area contributed by atoms with Crippen molar-refractivity contribution < 1.29 is 29.7 Å². The molecule has 9 nitrogen and oxygen atoms in total. The summed E-state index contributed by atoms with van der Waals surface area (Å²) in [7, 11) is 0. The second kappa shape index (κ2) is 12.8. The largest absolute Gasteiger partial charge is 0.508 e. The highest BCUT2D eigenvalue weighted by atomic mass is 16.3. The Morgan fingerprint density at radius 1 is 0.977 bits per heavy atom. The maximum absolute atomic E-state index is 14.1. The molecule has 4 atom stereocenters. The molecule has 0 saturated carbocycles. The summed E-state index contributed by atoms with van der Waals surface area (Å²) in [5.41, 5.74) is 1.46. The number of phenolic OH excluding ortho intramolecular Hbond substituents is 1. The Labute approximate surface area is 258 Å². The quantitative estimate of drug-likeness (QED) is 0.255. The number of hydrogen-bond acceptors (Lipinski definition) is 6. The van der Waals surface area contributed by atoms with E-state index < -0.39 is 46.9 Å². The Hall–Kier alpha value is -4.21. The third-order valence-corrected chi connectivity index (χ3v) is 9.13. The number of carbonyl (C=O) groups is 3. The van der Waals surface area contributed by atoms with Crippen LogP contribution in [-0.4, -0.2) is 68.3 Å². The maximum Gasteiger partial charge on any atom is 0.254 e.